The first-order chi connectivity index (χ1) is 47.4. The van der Waals surface area contributed by atoms with Crippen LogP contribution < -0.4 is 0 Å². The summed E-state index contributed by atoms with van der Waals surface area (Å²) in [4.78, 5) is 30.9. The maximum atomic E-state index is 8.19. The Morgan fingerprint density at radius 1 is 0.281 bits per heavy atom. The molecule has 0 atom stereocenters. The molecule has 0 spiro atoms. The van der Waals surface area contributed by atoms with Crippen LogP contribution in [0.2, 0.25) is 0 Å². The van der Waals surface area contributed by atoms with Gasteiger partial charge in [-0.25, -0.2) is 0 Å². The van der Waals surface area contributed by atoms with Crippen LogP contribution in [0.15, 0.2) is 328 Å². The second kappa shape index (κ2) is 38.3. The predicted molar refractivity (Wildman–Crippen MR) is 379 cm³/mol. The first-order valence-electron chi connectivity index (χ1n) is 32.6. The minimum atomic E-state index is -0.397. The molecular weight excluding hydrogens is 1890 g/mol. The summed E-state index contributed by atoms with van der Waals surface area (Å²) < 4.78 is 39.9. The number of rotatable bonds is 9. The largest absolute Gasteiger partial charge is 0.305 e. The molecular formula is C85H66Ir4N7-3. The molecule has 0 amide bonds. The van der Waals surface area contributed by atoms with Gasteiger partial charge in [-0.3, -0.25) is 19.9 Å². The van der Waals surface area contributed by atoms with Crippen molar-refractivity contribution >= 4 is 10.8 Å². The summed E-state index contributed by atoms with van der Waals surface area (Å²) in [6.45, 7) is 8.20. The van der Waals surface area contributed by atoms with Gasteiger partial charge in [0.05, 0.1) is 29.6 Å². The Labute approximate surface area is 625 Å². The minimum Gasteiger partial charge on any atom is -0.305 e. The van der Waals surface area contributed by atoms with E-state index in [0.29, 0.717) is 5.56 Å². The fraction of sp³-hybridized carbons (Fsp3) is 0.0471. The van der Waals surface area contributed by atoms with E-state index in [1.165, 1.54) is 50.1 Å². The molecule has 0 N–H and O–H groups in total. The molecule has 11 heteroatoms. The molecule has 7 heterocycles. The molecule has 0 aliphatic rings. The monoisotopic (exact) mass is 1960 g/mol. The molecule has 480 valence electrons. The van der Waals surface area contributed by atoms with E-state index in [4.69, 9.17) is 6.85 Å². The summed E-state index contributed by atoms with van der Waals surface area (Å²) in [6.07, 6.45) is 12.7. The van der Waals surface area contributed by atoms with E-state index < -0.39 is 6.04 Å². The Balaban J connectivity index is 0.000000179. The van der Waals surface area contributed by atoms with Crippen LogP contribution in [0, 0.1) is 45.9 Å². The standard InChI is InChI=1S/C22H16N.C18H14N.2C17H14N2.C11H8N.4Ir/c1-16-14-22(23-15-21(16)18-8-3-2-4-9-18)20-13-7-11-17-10-5-6-12-19(17)20;1-14-7-5-6-10-17(14)16-11-12-19-18(13-16)15-8-3-2-4-9-15;2*1-13-11-17(16-9-5-6-10-18-16)19-12-15(13)14-7-3-2-4-8-14;1-2-6-10(7-3-1)11-8-4-5-9-12-11;;;;/h2-12,14-15H,1H3;2-8,10-13H,1H3;2*2-12H,1H3;1-6,8-9H;;;;/q2*-1;;;-1;;;;/i2D,3D,4D,8D,9D;;;;;;;;. The second-order valence-electron chi connectivity index (χ2n) is 21.3. The number of nitrogens with zero attached hydrogens (tertiary/aromatic N) is 7. The molecule has 4 radical (unpaired) electrons. The number of pyridine rings is 7. The number of hydrogen-bond donors (Lipinski definition) is 0. The molecule has 15 rings (SSSR count). The molecule has 0 unspecified atom stereocenters. The Morgan fingerprint density at radius 3 is 1.24 bits per heavy atom. The van der Waals surface area contributed by atoms with Gasteiger partial charge in [-0.2, -0.15) is 0 Å². The quantitative estimate of drug-likeness (QED) is 0.133. The van der Waals surface area contributed by atoms with Crippen LogP contribution in [0.1, 0.15) is 29.1 Å². The second-order valence-corrected chi connectivity index (χ2v) is 21.3. The number of benzene rings is 8. The van der Waals surface area contributed by atoms with E-state index in [2.05, 4.69) is 147 Å². The van der Waals surface area contributed by atoms with Gasteiger partial charge in [0.1, 0.15) is 0 Å². The van der Waals surface area contributed by atoms with Crippen LogP contribution in [0.25, 0.3) is 112 Å². The van der Waals surface area contributed by atoms with Crippen molar-refractivity contribution < 1.29 is 87.3 Å². The third kappa shape index (κ3) is 20.1. The zero-order valence-corrected chi connectivity index (χ0v) is 62.3. The van der Waals surface area contributed by atoms with Gasteiger partial charge in [0.2, 0.25) is 0 Å². The summed E-state index contributed by atoms with van der Waals surface area (Å²) in [6, 6.07) is 92.5. The third-order valence-corrected chi connectivity index (χ3v) is 15.0. The van der Waals surface area contributed by atoms with E-state index in [-0.39, 0.29) is 110 Å². The first-order valence-corrected chi connectivity index (χ1v) is 30.1. The average Bonchev–Trinajstić information content (AvgIpc) is 0.767. The smallest absolute Gasteiger partial charge is 0.0889 e. The van der Waals surface area contributed by atoms with Crippen LogP contribution in [0.4, 0.5) is 0 Å². The van der Waals surface area contributed by atoms with Crippen molar-refractivity contribution in [2.24, 2.45) is 0 Å². The van der Waals surface area contributed by atoms with Crippen molar-refractivity contribution in [1.29, 1.82) is 0 Å². The number of aryl methyl sites for hydroxylation is 4. The molecule has 0 aliphatic carbocycles. The Hall–Kier alpha value is -9.33. The summed E-state index contributed by atoms with van der Waals surface area (Å²) in [7, 11) is 0. The van der Waals surface area contributed by atoms with Crippen LogP contribution in [-0.2, 0) is 80.4 Å². The van der Waals surface area contributed by atoms with E-state index in [0.717, 1.165) is 72.9 Å². The van der Waals surface area contributed by atoms with E-state index in [1.807, 2.05) is 208 Å². The van der Waals surface area contributed by atoms with Gasteiger partial charge in [0.15, 0.2) is 0 Å². The van der Waals surface area contributed by atoms with Crippen molar-refractivity contribution in [3.63, 3.8) is 0 Å². The Bertz CT molecular complexity index is 4900. The zero-order valence-electron chi connectivity index (χ0n) is 57.8. The molecule has 0 fully saturated rings. The van der Waals surface area contributed by atoms with Crippen LogP contribution in [0.3, 0.4) is 0 Å². The number of aromatic nitrogens is 7. The van der Waals surface area contributed by atoms with Crippen molar-refractivity contribution in [3.05, 3.63) is 369 Å². The van der Waals surface area contributed by atoms with E-state index in [1.54, 1.807) is 24.8 Å². The molecule has 0 aliphatic heterocycles. The van der Waals surface area contributed by atoms with Gasteiger partial charge in [-0.05, 0) is 143 Å². The maximum absolute atomic E-state index is 8.19. The Morgan fingerprint density at radius 2 is 0.729 bits per heavy atom. The molecule has 0 saturated carbocycles. The molecule has 7 nitrogen and oxygen atoms in total. The van der Waals surface area contributed by atoms with E-state index in [9.17, 15) is 0 Å². The molecule has 8 aromatic carbocycles. The van der Waals surface area contributed by atoms with Gasteiger partial charge in [-0.15, -0.1) is 101 Å². The molecule has 0 saturated heterocycles. The first kappa shape index (κ1) is 66.7. The van der Waals surface area contributed by atoms with Gasteiger partial charge >= 0.3 is 0 Å². The molecule has 15 aromatic rings. The normalized spacial score (nSPS) is 10.7. The van der Waals surface area contributed by atoms with Crippen molar-refractivity contribution in [2.45, 2.75) is 27.7 Å². The van der Waals surface area contributed by atoms with Gasteiger partial charge in [-0.1, -0.05) is 181 Å². The van der Waals surface area contributed by atoms with Crippen molar-refractivity contribution in [2.75, 3.05) is 0 Å². The number of fused-ring (bicyclic) bond motifs is 1. The van der Waals surface area contributed by atoms with Gasteiger partial charge < -0.3 is 15.0 Å². The van der Waals surface area contributed by atoms with E-state index >= 15 is 0 Å². The summed E-state index contributed by atoms with van der Waals surface area (Å²) in [5, 5.41) is 2.12. The van der Waals surface area contributed by atoms with Gasteiger partial charge in [0, 0.05) is 140 Å². The SMILES string of the molecule is Cc1cc(-c2ccccn2)ncc1-c1ccccc1.Cc1cc(-c2ccccn2)ncc1-c1ccccc1.Cc1ccccc1-c1ccnc(-c2[c-]cccc2)c1.[2H]c1c([2H])c([2H])c(-c2cnc(-c3[c-]ccc4ccccc34)cc2C)c([2H])c1[2H].[Ir].[Ir].[Ir].[Ir].[c-]1ccccc1-c1ccccn1. The molecule has 7 aromatic heterocycles. The van der Waals surface area contributed by atoms with Crippen LogP contribution in [0.5, 0.6) is 0 Å². The zero-order chi connectivity index (χ0) is 67.5. The fourth-order valence-corrected chi connectivity index (χ4v) is 10.2. The predicted octanol–water partition coefficient (Wildman–Crippen LogP) is 21.0. The van der Waals surface area contributed by atoms with Crippen LogP contribution in [-0.4, -0.2) is 34.9 Å². The molecule has 0 bridgehead atoms. The van der Waals surface area contributed by atoms with Crippen LogP contribution >= 0.6 is 0 Å². The molecule has 96 heavy (non-hydrogen) atoms. The third-order valence-electron chi connectivity index (χ3n) is 15.0. The Kier molecular flexibility index (Phi) is 26.6. The summed E-state index contributed by atoms with van der Waals surface area (Å²) >= 11 is 0. The van der Waals surface area contributed by atoms with Crippen molar-refractivity contribution in [1.82, 2.24) is 34.9 Å². The average molecular weight is 1960 g/mol. The van der Waals surface area contributed by atoms with Crippen molar-refractivity contribution in [3.8, 4) is 101 Å². The maximum Gasteiger partial charge on any atom is 0.0889 e. The summed E-state index contributed by atoms with van der Waals surface area (Å²) in [5.74, 6) is 0. The topological polar surface area (TPSA) is 90.2 Å². The van der Waals surface area contributed by atoms with Gasteiger partial charge in [0.25, 0.3) is 0 Å². The number of hydrogen-bond acceptors (Lipinski definition) is 7. The minimum absolute atomic E-state index is 0. The fourth-order valence-electron chi connectivity index (χ4n) is 10.2. The summed E-state index contributed by atoms with van der Waals surface area (Å²) in [5.41, 5.74) is 21.6.